The second-order valence-corrected chi connectivity index (χ2v) is 13.7. The van der Waals surface area contributed by atoms with Crippen LogP contribution in [0, 0.1) is 19.0 Å². The molecule has 6 unspecified atom stereocenters. The first-order chi connectivity index (χ1) is 16.7. The summed E-state index contributed by atoms with van der Waals surface area (Å²) in [6.45, 7) is 8.46. The number of phenols is 1. The molecule has 0 amide bonds. The molecule has 5 rings (SSSR count). The molecule has 0 saturated carbocycles. The molecule has 1 aromatic carbocycles. The van der Waals surface area contributed by atoms with Crippen molar-refractivity contribution in [3.63, 3.8) is 0 Å². The van der Waals surface area contributed by atoms with Gasteiger partial charge in [-0.15, -0.1) is 0 Å². The number of carbonyl (C=O) groups excluding carboxylic acids is 3. The van der Waals surface area contributed by atoms with Gasteiger partial charge in [0, 0.05) is 27.5 Å². The first kappa shape index (κ1) is 26.4. The van der Waals surface area contributed by atoms with Gasteiger partial charge >= 0.3 is 17.9 Å². The number of esters is 3. The van der Waals surface area contributed by atoms with E-state index in [4.69, 9.17) is 18.9 Å². The Bertz CT molecular complexity index is 1120. The maximum atomic E-state index is 13.5. The average Bonchev–Trinajstić information content (AvgIpc) is 3.37. The summed E-state index contributed by atoms with van der Waals surface area (Å²) in [5.41, 5.74) is -0.357. The molecule has 0 spiro atoms. The second-order valence-electron chi connectivity index (χ2n) is 11.3. The summed E-state index contributed by atoms with van der Waals surface area (Å²) in [5, 5.41) is 10.4. The molecule has 0 radical (unpaired) electrons. The van der Waals surface area contributed by atoms with Crippen LogP contribution in [0.25, 0.3) is 0 Å². The Hall–Kier alpha value is -1.19. The number of rotatable bonds is 4. The number of carbonyl (C=O) groups is 3. The number of aromatic hydroxyl groups is 1. The standard InChI is InChI=1S/C25H29I2NO8/c1-24(2)8-11(9-25(3,4)28(24)5)33-22(31)14-15-18-20(36-23(15)32)19(17(14)34-18)35-21(30)12-6-10(26)7-13(27)16(12)29/h6-7,11,14-15,17-20,29H,8-9H2,1-5H3. The lowest BCUT2D eigenvalue weighted by molar-refractivity contribution is -0.169. The van der Waals surface area contributed by atoms with E-state index in [9.17, 15) is 19.5 Å². The van der Waals surface area contributed by atoms with E-state index in [-0.39, 0.29) is 28.5 Å². The minimum Gasteiger partial charge on any atom is -0.506 e. The molecule has 4 aliphatic rings. The molecule has 2 bridgehead atoms. The van der Waals surface area contributed by atoms with E-state index in [1.165, 1.54) is 6.07 Å². The summed E-state index contributed by atoms with van der Waals surface area (Å²) in [4.78, 5) is 41.5. The number of hydrogen-bond acceptors (Lipinski definition) is 9. The Morgan fingerprint density at radius 3 is 2.33 bits per heavy atom. The molecule has 11 heteroatoms. The van der Waals surface area contributed by atoms with Gasteiger partial charge in [0.2, 0.25) is 0 Å². The van der Waals surface area contributed by atoms with Crippen molar-refractivity contribution < 1.29 is 38.4 Å². The van der Waals surface area contributed by atoms with Gasteiger partial charge in [-0.2, -0.15) is 0 Å². The largest absolute Gasteiger partial charge is 0.506 e. The van der Waals surface area contributed by atoms with Crippen LogP contribution < -0.4 is 0 Å². The van der Waals surface area contributed by atoms with Crippen molar-refractivity contribution in [2.75, 3.05) is 7.05 Å². The van der Waals surface area contributed by atoms with Crippen LogP contribution in [0.1, 0.15) is 50.9 Å². The highest BCUT2D eigenvalue weighted by Crippen LogP contribution is 2.52. The number of likely N-dealkylation sites (tertiary alicyclic amines) is 1. The third-order valence-electron chi connectivity index (χ3n) is 8.22. The summed E-state index contributed by atoms with van der Waals surface area (Å²) >= 11 is 3.98. The van der Waals surface area contributed by atoms with Crippen molar-refractivity contribution in [3.8, 4) is 5.75 Å². The smallest absolute Gasteiger partial charge is 0.342 e. The maximum Gasteiger partial charge on any atom is 0.342 e. The highest BCUT2D eigenvalue weighted by Gasteiger charge is 2.72. The molecule has 1 N–H and O–H groups in total. The molecule has 0 aromatic heterocycles. The van der Waals surface area contributed by atoms with Gasteiger partial charge in [-0.25, -0.2) is 4.79 Å². The zero-order valence-electron chi connectivity index (χ0n) is 20.6. The number of phenolic OH excluding ortho intramolecular Hbond substituents is 1. The molecule has 4 aliphatic heterocycles. The van der Waals surface area contributed by atoms with Crippen molar-refractivity contribution in [1.82, 2.24) is 4.90 Å². The third-order valence-corrected chi connectivity index (χ3v) is 9.67. The van der Waals surface area contributed by atoms with E-state index in [0.29, 0.717) is 16.4 Å². The van der Waals surface area contributed by atoms with E-state index in [1.54, 1.807) is 6.07 Å². The van der Waals surface area contributed by atoms with Gasteiger partial charge < -0.3 is 24.1 Å². The van der Waals surface area contributed by atoms with E-state index in [0.717, 1.165) is 3.57 Å². The van der Waals surface area contributed by atoms with Crippen molar-refractivity contribution in [2.24, 2.45) is 11.8 Å². The summed E-state index contributed by atoms with van der Waals surface area (Å²) < 4.78 is 24.5. The monoisotopic (exact) mass is 725 g/mol. The molecule has 0 aliphatic carbocycles. The number of nitrogens with zero attached hydrogens (tertiary/aromatic N) is 1. The second kappa shape index (κ2) is 8.94. The van der Waals surface area contributed by atoms with Crippen LogP contribution in [0.4, 0.5) is 0 Å². The van der Waals surface area contributed by atoms with Crippen LogP contribution in [-0.4, -0.2) is 76.6 Å². The van der Waals surface area contributed by atoms with Crippen molar-refractivity contribution >= 4 is 63.1 Å². The third kappa shape index (κ3) is 4.21. The Morgan fingerprint density at radius 2 is 1.69 bits per heavy atom. The van der Waals surface area contributed by atoms with Gasteiger partial charge in [0.15, 0.2) is 12.2 Å². The van der Waals surface area contributed by atoms with Gasteiger partial charge in [-0.3, -0.25) is 14.5 Å². The molecule has 6 atom stereocenters. The van der Waals surface area contributed by atoms with Gasteiger partial charge in [-0.05, 0) is 92.1 Å². The Labute approximate surface area is 236 Å². The van der Waals surface area contributed by atoms with Crippen LogP contribution in [0.3, 0.4) is 0 Å². The van der Waals surface area contributed by atoms with Crippen molar-refractivity contribution in [2.45, 2.75) is 82.1 Å². The number of halogens is 2. The quantitative estimate of drug-likeness (QED) is 0.284. The summed E-state index contributed by atoms with van der Waals surface area (Å²) in [5.74, 6) is -3.72. The normalized spacial score (nSPS) is 34.5. The highest BCUT2D eigenvalue weighted by molar-refractivity contribution is 14.1. The predicted octanol–water partition coefficient (Wildman–Crippen LogP) is 3.26. The highest BCUT2D eigenvalue weighted by atomic mass is 127. The Morgan fingerprint density at radius 1 is 1.06 bits per heavy atom. The molecule has 36 heavy (non-hydrogen) atoms. The van der Waals surface area contributed by atoms with Crippen LogP contribution in [-0.2, 0) is 28.5 Å². The van der Waals surface area contributed by atoms with Gasteiger partial charge in [0.1, 0.15) is 41.5 Å². The fourth-order valence-corrected chi connectivity index (χ4v) is 8.10. The Kier molecular flexibility index (Phi) is 6.56. The van der Waals surface area contributed by atoms with E-state index in [2.05, 4.69) is 39.6 Å². The minimum absolute atomic E-state index is 0.00450. The lowest BCUT2D eigenvalue weighted by Crippen LogP contribution is -2.60. The van der Waals surface area contributed by atoms with E-state index < -0.39 is 54.2 Å². The summed E-state index contributed by atoms with van der Waals surface area (Å²) in [6.07, 6.45) is -2.30. The lowest BCUT2D eigenvalue weighted by Gasteiger charge is -2.53. The predicted molar refractivity (Wildman–Crippen MR) is 143 cm³/mol. The van der Waals surface area contributed by atoms with Crippen LogP contribution in [0.15, 0.2) is 12.1 Å². The molecular weight excluding hydrogens is 696 g/mol. The zero-order valence-corrected chi connectivity index (χ0v) is 24.9. The molecule has 4 saturated heterocycles. The van der Waals surface area contributed by atoms with Crippen LogP contribution >= 0.6 is 45.2 Å². The SMILES string of the molecule is CN1C(C)(C)CC(OC(=O)C2C3OC4C(OC(=O)C42)C3OC(=O)c2cc(I)cc(I)c2O)CC1(C)C. The fraction of sp³-hybridized carbons (Fsp3) is 0.640. The fourth-order valence-electron chi connectivity index (χ4n) is 6.25. The van der Waals surface area contributed by atoms with Gasteiger partial charge in [-0.1, -0.05) is 0 Å². The topological polar surface area (TPSA) is 112 Å². The van der Waals surface area contributed by atoms with E-state index >= 15 is 0 Å². The number of fused-ring (bicyclic) bond motifs is 1. The molecule has 4 fully saturated rings. The molecule has 9 nitrogen and oxygen atoms in total. The van der Waals surface area contributed by atoms with Crippen molar-refractivity contribution in [1.29, 1.82) is 0 Å². The first-order valence-corrected chi connectivity index (χ1v) is 14.1. The van der Waals surface area contributed by atoms with Crippen LogP contribution in [0.2, 0.25) is 0 Å². The zero-order chi connectivity index (χ0) is 26.3. The molecular formula is C25H29I2NO8. The number of ether oxygens (including phenoxy) is 4. The van der Waals surface area contributed by atoms with Crippen LogP contribution in [0.5, 0.6) is 5.75 Å². The van der Waals surface area contributed by atoms with Gasteiger partial charge in [0.25, 0.3) is 0 Å². The number of hydrogen-bond donors (Lipinski definition) is 1. The summed E-state index contributed by atoms with van der Waals surface area (Å²) in [7, 11) is 2.07. The maximum absolute atomic E-state index is 13.5. The molecule has 4 heterocycles. The number of piperidine rings is 1. The first-order valence-electron chi connectivity index (χ1n) is 11.9. The molecule has 1 aromatic rings. The average molecular weight is 725 g/mol. The molecule has 196 valence electrons. The minimum atomic E-state index is -0.969. The Balaban J connectivity index is 1.36. The van der Waals surface area contributed by atoms with Crippen molar-refractivity contribution in [3.05, 3.63) is 24.8 Å². The van der Waals surface area contributed by atoms with E-state index in [1.807, 2.05) is 45.2 Å². The summed E-state index contributed by atoms with van der Waals surface area (Å²) in [6, 6.07) is 3.25. The number of benzene rings is 1. The lowest BCUT2D eigenvalue weighted by atomic mass is 9.77. The van der Waals surface area contributed by atoms with Gasteiger partial charge in [0.05, 0.1) is 3.57 Å².